The summed E-state index contributed by atoms with van der Waals surface area (Å²) in [6.07, 6.45) is 1.79. The van der Waals surface area contributed by atoms with Crippen molar-refractivity contribution >= 4 is 17.6 Å². The van der Waals surface area contributed by atoms with Crippen LogP contribution in [0.1, 0.15) is 31.4 Å². The van der Waals surface area contributed by atoms with Gasteiger partial charge < -0.3 is 9.84 Å². The van der Waals surface area contributed by atoms with E-state index in [-0.39, 0.29) is 0 Å². The van der Waals surface area contributed by atoms with Crippen molar-refractivity contribution < 1.29 is 14.6 Å². The Kier molecular flexibility index (Phi) is 5.22. The Morgan fingerprint density at radius 2 is 2.38 bits per heavy atom. The van der Waals surface area contributed by atoms with E-state index in [1.54, 1.807) is 6.07 Å². The van der Waals surface area contributed by atoms with Gasteiger partial charge in [0.05, 0.1) is 6.61 Å². The van der Waals surface area contributed by atoms with Gasteiger partial charge in [-0.1, -0.05) is 31.0 Å². The lowest BCUT2D eigenvalue weighted by atomic mass is 10.2. The fraction of sp³-hybridized carbons (Fsp3) is 0.455. The second kappa shape index (κ2) is 6.45. The third-order valence-corrected chi connectivity index (χ3v) is 2.26. The first-order chi connectivity index (χ1) is 7.65. The molecule has 0 spiro atoms. The fourth-order valence-corrected chi connectivity index (χ4v) is 1.19. The van der Waals surface area contributed by atoms with Crippen LogP contribution in [0.2, 0.25) is 5.15 Å². The van der Waals surface area contributed by atoms with Gasteiger partial charge in [-0.25, -0.2) is 9.78 Å². The summed E-state index contributed by atoms with van der Waals surface area (Å²) >= 11 is 5.59. The lowest BCUT2D eigenvalue weighted by molar-refractivity contribution is -0.154. The third-order valence-electron chi connectivity index (χ3n) is 2.03. The smallest absolute Gasteiger partial charge is 0.339 e. The van der Waals surface area contributed by atoms with Crippen LogP contribution in [-0.4, -0.2) is 22.7 Å². The van der Waals surface area contributed by atoms with Gasteiger partial charge in [0.15, 0.2) is 6.10 Å². The molecule has 1 unspecified atom stereocenters. The van der Waals surface area contributed by atoms with Crippen LogP contribution in [-0.2, 0) is 9.53 Å². The summed E-state index contributed by atoms with van der Waals surface area (Å²) in [7, 11) is 0. The molecule has 4 nitrogen and oxygen atoms in total. The van der Waals surface area contributed by atoms with Crippen molar-refractivity contribution in [1.29, 1.82) is 0 Å². The normalized spacial score (nSPS) is 12.2. The zero-order chi connectivity index (χ0) is 12.0. The molecule has 1 rings (SSSR count). The van der Waals surface area contributed by atoms with Crippen molar-refractivity contribution in [2.24, 2.45) is 0 Å². The number of carbonyl (C=O) groups excluding carboxylic acids is 1. The van der Waals surface area contributed by atoms with Crippen LogP contribution in [0.3, 0.4) is 0 Å². The number of aliphatic hydroxyl groups is 1. The maximum atomic E-state index is 11.4. The molecule has 5 heteroatoms. The molecule has 0 aliphatic heterocycles. The molecule has 1 aromatic rings. The number of carbonyl (C=O) groups is 1. The molecule has 1 N–H and O–H groups in total. The maximum Gasteiger partial charge on any atom is 0.339 e. The van der Waals surface area contributed by atoms with Crippen molar-refractivity contribution in [3.05, 3.63) is 29.0 Å². The zero-order valence-corrected chi connectivity index (χ0v) is 9.78. The number of nitrogens with zero attached hydrogens (tertiary/aromatic N) is 1. The van der Waals surface area contributed by atoms with Gasteiger partial charge in [0.1, 0.15) is 5.15 Å². The van der Waals surface area contributed by atoms with Gasteiger partial charge in [-0.15, -0.1) is 0 Å². The first kappa shape index (κ1) is 12.9. The molecule has 88 valence electrons. The first-order valence-corrected chi connectivity index (χ1v) is 5.49. The summed E-state index contributed by atoms with van der Waals surface area (Å²) in [5, 5.41) is 9.94. The molecule has 0 aliphatic carbocycles. The van der Waals surface area contributed by atoms with E-state index in [0.717, 1.165) is 12.8 Å². The van der Waals surface area contributed by atoms with Crippen LogP contribution in [0.5, 0.6) is 0 Å². The van der Waals surface area contributed by atoms with Crippen molar-refractivity contribution in [2.45, 2.75) is 25.9 Å². The second-order valence-electron chi connectivity index (χ2n) is 3.34. The molecule has 0 bridgehead atoms. The second-order valence-corrected chi connectivity index (χ2v) is 3.73. The summed E-state index contributed by atoms with van der Waals surface area (Å²) in [5.74, 6) is -0.655. The highest BCUT2D eigenvalue weighted by molar-refractivity contribution is 6.29. The zero-order valence-electron chi connectivity index (χ0n) is 9.02. The van der Waals surface area contributed by atoms with E-state index in [9.17, 15) is 9.90 Å². The van der Waals surface area contributed by atoms with E-state index in [2.05, 4.69) is 4.98 Å². The Morgan fingerprint density at radius 1 is 1.62 bits per heavy atom. The van der Waals surface area contributed by atoms with E-state index in [1.165, 1.54) is 12.3 Å². The number of aliphatic hydroxyl groups excluding tert-OH is 1. The van der Waals surface area contributed by atoms with Crippen LogP contribution in [0.4, 0.5) is 0 Å². The largest absolute Gasteiger partial charge is 0.464 e. The first-order valence-electron chi connectivity index (χ1n) is 5.11. The quantitative estimate of drug-likeness (QED) is 0.489. The monoisotopic (exact) mass is 243 g/mol. The van der Waals surface area contributed by atoms with Gasteiger partial charge in [-0.3, -0.25) is 0 Å². The van der Waals surface area contributed by atoms with Crippen molar-refractivity contribution in [3.63, 3.8) is 0 Å². The Bertz CT molecular complexity index is 340. The standard InChI is InChI=1S/C11H14ClNO3/c1-2-3-6-16-11(15)10(14)8-4-5-9(12)13-7-8/h4-5,7,10,14H,2-3,6H2,1H3. The van der Waals surface area contributed by atoms with Crippen molar-refractivity contribution in [1.82, 2.24) is 4.98 Å². The molecule has 0 saturated carbocycles. The summed E-state index contributed by atoms with van der Waals surface area (Å²) in [5.41, 5.74) is 0.380. The number of hydrogen-bond acceptors (Lipinski definition) is 4. The SMILES string of the molecule is CCCCOC(=O)C(O)c1ccc(Cl)nc1. The molecule has 0 saturated heterocycles. The average molecular weight is 244 g/mol. The van der Waals surface area contributed by atoms with E-state index in [0.29, 0.717) is 17.3 Å². The Hall–Kier alpha value is -1.13. The Balaban J connectivity index is 2.53. The maximum absolute atomic E-state index is 11.4. The van der Waals surface area contributed by atoms with E-state index < -0.39 is 12.1 Å². The molecule has 0 fully saturated rings. The lowest BCUT2D eigenvalue weighted by Gasteiger charge is -2.10. The Labute approximate surface area is 99.2 Å². The molecule has 0 amide bonds. The molecule has 16 heavy (non-hydrogen) atoms. The third kappa shape index (κ3) is 3.79. The van der Waals surface area contributed by atoms with Crippen LogP contribution in [0, 0.1) is 0 Å². The summed E-state index contributed by atoms with van der Waals surface area (Å²) in [6.45, 7) is 2.32. The fourth-order valence-electron chi connectivity index (χ4n) is 1.08. The summed E-state index contributed by atoms with van der Waals surface area (Å²) < 4.78 is 4.88. The topological polar surface area (TPSA) is 59.4 Å². The minimum atomic E-state index is -1.29. The van der Waals surface area contributed by atoms with Crippen LogP contribution < -0.4 is 0 Å². The minimum Gasteiger partial charge on any atom is -0.464 e. The predicted molar refractivity (Wildman–Crippen MR) is 60.1 cm³/mol. The number of pyridine rings is 1. The van der Waals surface area contributed by atoms with Gasteiger partial charge in [-0.2, -0.15) is 0 Å². The number of hydrogen-bond donors (Lipinski definition) is 1. The number of halogens is 1. The number of unbranched alkanes of at least 4 members (excludes halogenated alkanes) is 1. The van der Waals surface area contributed by atoms with Gasteiger partial charge in [0.2, 0.25) is 0 Å². The van der Waals surface area contributed by atoms with Crippen LogP contribution in [0.25, 0.3) is 0 Å². The van der Waals surface area contributed by atoms with Gasteiger partial charge in [-0.05, 0) is 12.5 Å². The van der Waals surface area contributed by atoms with Crippen molar-refractivity contribution in [3.8, 4) is 0 Å². The van der Waals surface area contributed by atoms with E-state index in [4.69, 9.17) is 16.3 Å². The van der Waals surface area contributed by atoms with Gasteiger partial charge in [0.25, 0.3) is 0 Å². The summed E-state index contributed by atoms with van der Waals surface area (Å²) in [6, 6.07) is 3.06. The summed E-state index contributed by atoms with van der Waals surface area (Å²) in [4.78, 5) is 15.1. The molecule has 0 aliphatic rings. The molecule has 0 aromatic carbocycles. The highest BCUT2D eigenvalue weighted by Crippen LogP contribution is 2.15. The average Bonchev–Trinajstić information content (AvgIpc) is 2.29. The molecule has 1 atom stereocenters. The molecular formula is C11H14ClNO3. The van der Waals surface area contributed by atoms with E-state index in [1.807, 2.05) is 6.92 Å². The number of rotatable bonds is 5. The van der Waals surface area contributed by atoms with Crippen molar-refractivity contribution in [2.75, 3.05) is 6.61 Å². The van der Waals surface area contributed by atoms with Gasteiger partial charge in [0, 0.05) is 11.8 Å². The van der Waals surface area contributed by atoms with Crippen LogP contribution >= 0.6 is 11.6 Å². The van der Waals surface area contributed by atoms with E-state index >= 15 is 0 Å². The molecule has 1 heterocycles. The highest BCUT2D eigenvalue weighted by atomic mass is 35.5. The Morgan fingerprint density at radius 3 is 2.94 bits per heavy atom. The van der Waals surface area contributed by atoms with Gasteiger partial charge >= 0.3 is 5.97 Å². The molecular weight excluding hydrogens is 230 g/mol. The molecule has 1 aromatic heterocycles. The minimum absolute atomic E-state index is 0.315. The lowest BCUT2D eigenvalue weighted by Crippen LogP contribution is -2.16. The molecule has 0 radical (unpaired) electrons. The highest BCUT2D eigenvalue weighted by Gasteiger charge is 2.18. The number of ether oxygens (including phenoxy) is 1. The van der Waals surface area contributed by atoms with Crippen LogP contribution in [0.15, 0.2) is 18.3 Å². The number of aromatic nitrogens is 1. The number of esters is 1. The predicted octanol–water partition coefficient (Wildman–Crippen LogP) is 2.11.